The summed E-state index contributed by atoms with van der Waals surface area (Å²) in [7, 11) is 1.49. The number of carbonyl (C=O) groups is 1. The van der Waals surface area contributed by atoms with Crippen molar-refractivity contribution < 1.29 is 18.0 Å². The fourth-order valence-electron chi connectivity index (χ4n) is 4.19. The Labute approximate surface area is 188 Å². The Bertz CT molecular complexity index is 1210. The Morgan fingerprint density at radius 3 is 2.59 bits per heavy atom. The molecule has 3 heterocycles. The predicted molar refractivity (Wildman–Crippen MR) is 116 cm³/mol. The third-order valence-corrected chi connectivity index (χ3v) is 6.07. The largest absolute Gasteiger partial charge is 0.416 e. The van der Waals surface area contributed by atoms with E-state index in [1.807, 2.05) is 6.07 Å². The monoisotopic (exact) mass is 460 g/mol. The third-order valence-electron chi connectivity index (χ3n) is 5.64. The summed E-state index contributed by atoms with van der Waals surface area (Å²) in [6, 6.07) is 10.6. The average molecular weight is 461 g/mol. The van der Waals surface area contributed by atoms with Gasteiger partial charge >= 0.3 is 6.18 Å². The highest BCUT2D eigenvalue weighted by atomic mass is 35.5. The number of aromatic nitrogens is 2. The van der Waals surface area contributed by atoms with Crippen LogP contribution in [-0.4, -0.2) is 22.9 Å². The molecule has 1 N–H and O–H groups in total. The van der Waals surface area contributed by atoms with Crippen LogP contribution in [0.5, 0.6) is 0 Å². The minimum absolute atomic E-state index is 0.00835. The van der Waals surface area contributed by atoms with Crippen LogP contribution in [0, 0.1) is 13.8 Å². The van der Waals surface area contributed by atoms with Crippen molar-refractivity contribution in [2.75, 3.05) is 11.9 Å². The molecule has 166 valence electrons. The minimum Gasteiger partial charge on any atom is -0.357 e. The van der Waals surface area contributed by atoms with Crippen molar-refractivity contribution in [3.8, 4) is 0 Å². The van der Waals surface area contributed by atoms with Crippen LogP contribution in [0.1, 0.15) is 27.9 Å². The molecule has 3 aromatic rings. The number of nitrogens with zero attached hydrogens (tertiary/aromatic N) is 3. The van der Waals surface area contributed by atoms with E-state index in [1.165, 1.54) is 18.9 Å². The zero-order chi connectivity index (χ0) is 23.3. The number of hydrogen-bond donors (Lipinski definition) is 1. The lowest BCUT2D eigenvalue weighted by atomic mass is 9.84. The quantitative estimate of drug-likeness (QED) is 0.590. The summed E-state index contributed by atoms with van der Waals surface area (Å²) in [5.41, 5.74) is -0.0248. The highest BCUT2D eigenvalue weighted by molar-refractivity contribution is 6.31. The number of aryl methyl sites for hydroxylation is 2. The summed E-state index contributed by atoms with van der Waals surface area (Å²) < 4.78 is 40.8. The summed E-state index contributed by atoms with van der Waals surface area (Å²) in [4.78, 5) is 23.8. The number of likely N-dealkylation sites (N-methyl/N-ethyl adjacent to an activating group) is 1. The van der Waals surface area contributed by atoms with Crippen molar-refractivity contribution >= 4 is 29.1 Å². The maximum atomic E-state index is 13.6. The number of carbonyl (C=O) groups excluding carboxylic acids is 1. The van der Waals surface area contributed by atoms with Gasteiger partial charge in [-0.1, -0.05) is 29.8 Å². The Kier molecular flexibility index (Phi) is 5.36. The lowest BCUT2D eigenvalue weighted by Gasteiger charge is -2.38. The Balaban J connectivity index is 2.05. The van der Waals surface area contributed by atoms with E-state index in [9.17, 15) is 18.0 Å². The molecule has 1 unspecified atom stereocenters. The van der Waals surface area contributed by atoms with Crippen molar-refractivity contribution in [2.45, 2.75) is 32.0 Å². The molecule has 32 heavy (non-hydrogen) atoms. The van der Waals surface area contributed by atoms with Crippen LogP contribution in [0.25, 0.3) is 0 Å². The second kappa shape index (κ2) is 7.78. The molecule has 0 bridgehead atoms. The SMILES string of the molecule is CNC(=O)C1(c2ccc(Cl)c(C)c2)Cc2cccnc2N1c1cc(C(F)(F)F)cc(C)n1. The summed E-state index contributed by atoms with van der Waals surface area (Å²) in [6.45, 7) is 3.29. The van der Waals surface area contributed by atoms with Crippen molar-refractivity contribution in [1.29, 1.82) is 0 Å². The van der Waals surface area contributed by atoms with Crippen LogP contribution < -0.4 is 10.2 Å². The molecule has 0 spiro atoms. The number of rotatable bonds is 3. The molecular weight excluding hydrogens is 441 g/mol. The molecule has 1 amide bonds. The van der Waals surface area contributed by atoms with Gasteiger partial charge in [-0.15, -0.1) is 0 Å². The molecule has 1 atom stereocenters. The second-order valence-corrected chi connectivity index (χ2v) is 8.16. The predicted octanol–water partition coefficient (Wildman–Crippen LogP) is 5.10. The first-order valence-corrected chi connectivity index (χ1v) is 10.2. The van der Waals surface area contributed by atoms with E-state index in [0.29, 0.717) is 16.4 Å². The van der Waals surface area contributed by atoms with Gasteiger partial charge in [0.1, 0.15) is 11.6 Å². The summed E-state index contributed by atoms with van der Waals surface area (Å²) >= 11 is 6.22. The van der Waals surface area contributed by atoms with E-state index >= 15 is 0 Å². The zero-order valence-electron chi connectivity index (χ0n) is 17.6. The number of fused-ring (bicyclic) bond motifs is 1. The van der Waals surface area contributed by atoms with E-state index in [4.69, 9.17) is 11.6 Å². The molecule has 4 rings (SSSR count). The Hall–Kier alpha value is -3.13. The minimum atomic E-state index is -4.57. The van der Waals surface area contributed by atoms with Crippen LogP contribution >= 0.6 is 11.6 Å². The van der Waals surface area contributed by atoms with Crippen LogP contribution in [0.4, 0.5) is 24.8 Å². The number of hydrogen-bond acceptors (Lipinski definition) is 4. The van der Waals surface area contributed by atoms with Crippen molar-refractivity contribution in [3.63, 3.8) is 0 Å². The maximum absolute atomic E-state index is 13.6. The average Bonchev–Trinajstić information content (AvgIpc) is 3.10. The number of benzene rings is 1. The topological polar surface area (TPSA) is 58.1 Å². The van der Waals surface area contributed by atoms with Crippen molar-refractivity contribution in [2.24, 2.45) is 0 Å². The standard InChI is InChI=1S/C23H20ClF3N4O/c1-13-9-16(6-7-18(13)24)22(21(32)28-3)12-15-5-4-8-29-20(15)31(22)19-11-17(23(25,26)27)10-14(2)30-19/h4-11H,12H2,1-3H3,(H,28,32). The normalized spacial score (nSPS) is 17.9. The van der Waals surface area contributed by atoms with Gasteiger partial charge in [-0.2, -0.15) is 13.2 Å². The summed E-state index contributed by atoms with van der Waals surface area (Å²) in [5.74, 6) is -0.0185. The molecule has 1 aliphatic rings. The lowest BCUT2D eigenvalue weighted by molar-refractivity contribution is -0.137. The van der Waals surface area contributed by atoms with Crippen LogP contribution in [0.2, 0.25) is 5.02 Å². The van der Waals surface area contributed by atoms with Gasteiger partial charge in [0.2, 0.25) is 0 Å². The van der Waals surface area contributed by atoms with Crippen LogP contribution in [-0.2, 0) is 22.9 Å². The Morgan fingerprint density at radius 1 is 1.19 bits per heavy atom. The molecule has 0 aliphatic carbocycles. The molecule has 1 aliphatic heterocycles. The van der Waals surface area contributed by atoms with E-state index < -0.39 is 23.2 Å². The maximum Gasteiger partial charge on any atom is 0.416 e. The molecule has 0 saturated carbocycles. The second-order valence-electron chi connectivity index (χ2n) is 7.75. The van der Waals surface area contributed by atoms with Crippen LogP contribution in [0.15, 0.2) is 48.7 Å². The highest BCUT2D eigenvalue weighted by Gasteiger charge is 2.53. The summed E-state index contributed by atoms with van der Waals surface area (Å²) in [6.07, 6.45) is -2.82. The van der Waals surface area contributed by atoms with Gasteiger partial charge in [0.15, 0.2) is 5.54 Å². The molecule has 0 fully saturated rings. The first-order chi connectivity index (χ1) is 15.1. The fourth-order valence-corrected chi connectivity index (χ4v) is 4.31. The highest BCUT2D eigenvalue weighted by Crippen LogP contribution is 2.49. The smallest absolute Gasteiger partial charge is 0.357 e. The molecule has 0 saturated heterocycles. The van der Waals surface area contributed by atoms with E-state index in [2.05, 4.69) is 15.3 Å². The van der Waals surface area contributed by atoms with E-state index in [1.54, 1.807) is 37.4 Å². The van der Waals surface area contributed by atoms with Gasteiger partial charge in [-0.25, -0.2) is 9.97 Å². The molecule has 2 aromatic heterocycles. The molecule has 1 aromatic carbocycles. The molecular formula is C23H20ClF3N4O. The summed E-state index contributed by atoms with van der Waals surface area (Å²) in [5, 5.41) is 3.21. The number of amides is 1. The third kappa shape index (κ3) is 3.48. The number of alkyl halides is 3. The zero-order valence-corrected chi connectivity index (χ0v) is 18.3. The van der Waals surface area contributed by atoms with Crippen LogP contribution in [0.3, 0.4) is 0 Å². The van der Waals surface area contributed by atoms with Gasteiger partial charge in [-0.3, -0.25) is 9.69 Å². The van der Waals surface area contributed by atoms with Crippen molar-refractivity contribution in [3.05, 3.63) is 81.6 Å². The number of anilines is 2. The first kappa shape index (κ1) is 22.1. The van der Waals surface area contributed by atoms with E-state index in [-0.39, 0.29) is 17.9 Å². The lowest BCUT2D eigenvalue weighted by Crippen LogP contribution is -2.53. The number of halogens is 4. The van der Waals surface area contributed by atoms with Gasteiger partial charge in [0.05, 0.1) is 5.56 Å². The number of pyridine rings is 2. The van der Waals surface area contributed by atoms with Gasteiger partial charge in [0.25, 0.3) is 5.91 Å². The van der Waals surface area contributed by atoms with Gasteiger partial charge in [-0.05, 0) is 54.8 Å². The van der Waals surface area contributed by atoms with Gasteiger partial charge < -0.3 is 5.32 Å². The Morgan fingerprint density at radius 2 is 1.94 bits per heavy atom. The molecule has 9 heteroatoms. The number of nitrogens with one attached hydrogen (secondary N) is 1. The van der Waals surface area contributed by atoms with E-state index in [0.717, 1.165) is 23.3 Å². The molecule has 0 radical (unpaired) electrons. The van der Waals surface area contributed by atoms with Crippen molar-refractivity contribution in [1.82, 2.24) is 15.3 Å². The molecule has 5 nitrogen and oxygen atoms in total. The fraction of sp³-hybridized carbons (Fsp3) is 0.261. The van der Waals surface area contributed by atoms with Gasteiger partial charge in [0, 0.05) is 30.4 Å². The first-order valence-electron chi connectivity index (χ1n) is 9.87.